The second kappa shape index (κ2) is 8.41. The van der Waals surface area contributed by atoms with Gasteiger partial charge in [0.15, 0.2) is 5.13 Å². The lowest BCUT2D eigenvalue weighted by Crippen LogP contribution is -1.95. The first-order chi connectivity index (χ1) is 15.3. The smallest absolute Gasteiger partial charge is 0.227 e. The summed E-state index contributed by atoms with van der Waals surface area (Å²) in [5, 5.41) is 4.20. The second-order valence-electron chi connectivity index (χ2n) is 6.67. The van der Waals surface area contributed by atoms with Crippen LogP contribution in [0.4, 0.5) is 10.8 Å². The average molecular weight is 427 g/mol. The number of hydrogen-bond donors (Lipinski definition) is 1. The van der Waals surface area contributed by atoms with Crippen LogP contribution in [0.2, 0.25) is 0 Å². The van der Waals surface area contributed by atoms with Crippen molar-refractivity contribution in [3.8, 4) is 28.5 Å². The molecule has 3 heterocycles. The second-order valence-corrected chi connectivity index (χ2v) is 7.70. The van der Waals surface area contributed by atoms with Crippen LogP contribution in [0.25, 0.3) is 21.3 Å². The number of thiazole rings is 1. The van der Waals surface area contributed by atoms with Crippen LogP contribution in [0.15, 0.2) is 85.3 Å². The van der Waals surface area contributed by atoms with Crippen molar-refractivity contribution < 1.29 is 9.47 Å². The van der Waals surface area contributed by atoms with E-state index in [4.69, 9.17) is 9.47 Å². The molecule has 152 valence electrons. The first-order valence-corrected chi connectivity index (χ1v) is 10.5. The fraction of sp³-hybridized carbons (Fsp3) is 0.0417. The average Bonchev–Trinajstić information content (AvgIpc) is 3.23. The van der Waals surface area contributed by atoms with Crippen LogP contribution in [0.1, 0.15) is 0 Å². The van der Waals surface area contributed by atoms with Crippen molar-refractivity contribution >= 4 is 32.4 Å². The highest BCUT2D eigenvalue weighted by Crippen LogP contribution is 2.36. The summed E-state index contributed by atoms with van der Waals surface area (Å²) in [7, 11) is 1.63. The molecule has 0 aliphatic carbocycles. The van der Waals surface area contributed by atoms with Gasteiger partial charge in [-0.15, -0.1) is 0 Å². The van der Waals surface area contributed by atoms with Gasteiger partial charge in [0.05, 0.1) is 17.3 Å². The van der Waals surface area contributed by atoms with Gasteiger partial charge >= 0.3 is 0 Å². The Labute approximate surface area is 183 Å². The number of pyridine rings is 2. The fourth-order valence-electron chi connectivity index (χ4n) is 3.21. The zero-order chi connectivity index (χ0) is 21.0. The molecule has 0 aliphatic heterocycles. The van der Waals surface area contributed by atoms with Gasteiger partial charge in [0.2, 0.25) is 5.88 Å². The number of hydrogen-bond acceptors (Lipinski definition) is 7. The predicted octanol–water partition coefficient (Wildman–Crippen LogP) is 6.30. The number of benzene rings is 2. The van der Waals surface area contributed by atoms with E-state index in [1.54, 1.807) is 37.0 Å². The molecule has 0 amide bonds. The number of anilines is 2. The van der Waals surface area contributed by atoms with E-state index < -0.39 is 0 Å². The van der Waals surface area contributed by atoms with E-state index in [0.29, 0.717) is 17.4 Å². The van der Waals surface area contributed by atoms with E-state index in [1.807, 2.05) is 60.7 Å². The Hall–Kier alpha value is -3.97. The Kier molecular flexibility index (Phi) is 5.16. The molecular weight excluding hydrogens is 408 g/mol. The van der Waals surface area contributed by atoms with Crippen molar-refractivity contribution in [3.05, 3.63) is 85.3 Å². The molecule has 5 aromatic rings. The highest BCUT2D eigenvalue weighted by Gasteiger charge is 2.13. The van der Waals surface area contributed by atoms with Crippen molar-refractivity contribution in [2.45, 2.75) is 0 Å². The Bertz CT molecular complexity index is 1300. The first-order valence-electron chi connectivity index (χ1n) is 9.64. The molecule has 0 fully saturated rings. The number of ether oxygens (including phenoxy) is 2. The maximum absolute atomic E-state index is 6.08. The summed E-state index contributed by atoms with van der Waals surface area (Å²) in [5.41, 5.74) is 3.55. The minimum atomic E-state index is 0.487. The topological polar surface area (TPSA) is 69.2 Å². The van der Waals surface area contributed by atoms with E-state index in [2.05, 4.69) is 26.3 Å². The maximum Gasteiger partial charge on any atom is 0.227 e. The zero-order valence-electron chi connectivity index (χ0n) is 16.6. The summed E-state index contributed by atoms with van der Waals surface area (Å²) < 4.78 is 12.7. The van der Waals surface area contributed by atoms with Crippen molar-refractivity contribution in [2.75, 3.05) is 12.4 Å². The predicted molar refractivity (Wildman–Crippen MR) is 123 cm³/mol. The third-order valence-electron chi connectivity index (χ3n) is 4.68. The molecule has 0 saturated carbocycles. The number of methoxy groups -OCH3 is 1. The number of aromatic nitrogens is 3. The summed E-state index contributed by atoms with van der Waals surface area (Å²) in [5.74, 6) is 1.88. The molecule has 5 rings (SSSR count). The molecule has 6 nitrogen and oxygen atoms in total. The fourth-order valence-corrected chi connectivity index (χ4v) is 4.09. The number of nitrogens with one attached hydrogen (secondary N) is 1. The van der Waals surface area contributed by atoms with E-state index in [9.17, 15) is 0 Å². The Morgan fingerprint density at radius 2 is 1.74 bits per heavy atom. The molecule has 0 bridgehead atoms. The largest absolute Gasteiger partial charge is 0.496 e. The third-order valence-corrected chi connectivity index (χ3v) is 5.63. The monoisotopic (exact) mass is 426 g/mol. The van der Waals surface area contributed by atoms with Crippen molar-refractivity contribution in [3.63, 3.8) is 0 Å². The van der Waals surface area contributed by atoms with Crippen LogP contribution >= 0.6 is 11.3 Å². The molecule has 0 spiro atoms. The van der Waals surface area contributed by atoms with Crippen LogP contribution in [0.3, 0.4) is 0 Å². The molecule has 0 atom stereocenters. The molecule has 3 aromatic heterocycles. The lowest BCUT2D eigenvalue weighted by Gasteiger charge is -2.12. The van der Waals surface area contributed by atoms with Crippen molar-refractivity contribution in [2.24, 2.45) is 0 Å². The normalized spacial score (nSPS) is 10.7. The molecule has 0 unspecified atom stereocenters. The number of rotatable bonds is 6. The van der Waals surface area contributed by atoms with Crippen LogP contribution in [-0.4, -0.2) is 22.1 Å². The summed E-state index contributed by atoms with van der Waals surface area (Å²) >= 11 is 1.62. The Balaban J connectivity index is 1.37. The Morgan fingerprint density at radius 1 is 0.871 bits per heavy atom. The minimum Gasteiger partial charge on any atom is -0.496 e. The molecular formula is C24H18N4O2S. The zero-order valence-corrected chi connectivity index (χ0v) is 17.5. The summed E-state index contributed by atoms with van der Waals surface area (Å²) in [6.07, 6.45) is 5.13. The SMILES string of the molecule is COc1ccncc1-c1cccnc1Oc1ccc(Nc2nc3ccccc3s2)cc1. The number of nitrogens with zero attached hydrogens (tertiary/aromatic N) is 3. The number of fused-ring (bicyclic) bond motifs is 1. The van der Waals surface area contributed by atoms with E-state index in [1.165, 1.54) is 0 Å². The van der Waals surface area contributed by atoms with Crippen LogP contribution in [-0.2, 0) is 0 Å². The maximum atomic E-state index is 6.08. The van der Waals surface area contributed by atoms with Crippen LogP contribution < -0.4 is 14.8 Å². The van der Waals surface area contributed by atoms with Gasteiger partial charge in [0.1, 0.15) is 11.5 Å². The summed E-state index contributed by atoms with van der Waals surface area (Å²) in [6.45, 7) is 0. The Morgan fingerprint density at radius 3 is 2.58 bits per heavy atom. The van der Waals surface area contributed by atoms with Gasteiger partial charge in [-0.2, -0.15) is 0 Å². The minimum absolute atomic E-state index is 0.487. The molecule has 2 aromatic carbocycles. The highest BCUT2D eigenvalue weighted by molar-refractivity contribution is 7.22. The van der Waals surface area contributed by atoms with Crippen molar-refractivity contribution in [1.82, 2.24) is 15.0 Å². The van der Waals surface area contributed by atoms with Gasteiger partial charge in [-0.3, -0.25) is 4.98 Å². The molecule has 0 saturated heterocycles. The van der Waals surface area contributed by atoms with Gasteiger partial charge < -0.3 is 14.8 Å². The van der Waals surface area contributed by atoms with Crippen LogP contribution in [0, 0.1) is 0 Å². The van der Waals surface area contributed by atoms with Gasteiger partial charge in [0.25, 0.3) is 0 Å². The molecule has 0 aliphatic rings. The quantitative estimate of drug-likeness (QED) is 0.344. The molecule has 7 heteroatoms. The van der Waals surface area contributed by atoms with Gasteiger partial charge in [-0.25, -0.2) is 9.97 Å². The third kappa shape index (κ3) is 4.04. The molecule has 1 N–H and O–H groups in total. The standard InChI is InChI=1S/C24H18N4O2S/c1-29-21-12-14-25-15-19(21)18-5-4-13-26-23(18)30-17-10-8-16(9-11-17)27-24-28-20-6-2-3-7-22(20)31-24/h2-15H,1H3,(H,27,28). The highest BCUT2D eigenvalue weighted by atomic mass is 32.1. The van der Waals surface area contributed by atoms with Gasteiger partial charge in [0, 0.05) is 35.4 Å². The summed E-state index contributed by atoms with van der Waals surface area (Å²) in [6, 6.07) is 21.4. The molecule has 0 radical (unpaired) electrons. The lowest BCUT2D eigenvalue weighted by molar-refractivity contribution is 0.415. The van der Waals surface area contributed by atoms with E-state index in [-0.39, 0.29) is 0 Å². The van der Waals surface area contributed by atoms with Gasteiger partial charge in [-0.05, 0) is 54.6 Å². The van der Waals surface area contributed by atoms with Crippen molar-refractivity contribution in [1.29, 1.82) is 0 Å². The lowest BCUT2D eigenvalue weighted by atomic mass is 10.1. The van der Waals surface area contributed by atoms with E-state index in [0.717, 1.165) is 32.2 Å². The number of para-hydroxylation sites is 1. The van der Waals surface area contributed by atoms with Gasteiger partial charge in [-0.1, -0.05) is 23.5 Å². The van der Waals surface area contributed by atoms with Crippen LogP contribution in [0.5, 0.6) is 17.4 Å². The molecule has 31 heavy (non-hydrogen) atoms. The van der Waals surface area contributed by atoms with E-state index >= 15 is 0 Å². The first kappa shape index (κ1) is 19.0. The summed E-state index contributed by atoms with van der Waals surface area (Å²) in [4.78, 5) is 13.2.